The van der Waals surface area contributed by atoms with Crippen molar-refractivity contribution < 1.29 is 4.79 Å². The number of rotatable bonds is 2. The molecule has 19 heavy (non-hydrogen) atoms. The Kier molecular flexibility index (Phi) is 3.86. The fourth-order valence-electron chi connectivity index (χ4n) is 2.98. The van der Waals surface area contributed by atoms with Gasteiger partial charge in [-0.2, -0.15) is 0 Å². The number of carbonyl (C=O) groups excluding carboxylic acids is 1. The Morgan fingerprint density at radius 3 is 2.74 bits per heavy atom. The maximum Gasteiger partial charge on any atom is 0.264 e. The van der Waals surface area contributed by atoms with Crippen molar-refractivity contribution in [3.63, 3.8) is 0 Å². The summed E-state index contributed by atoms with van der Waals surface area (Å²) in [6, 6.07) is 2.71. The summed E-state index contributed by atoms with van der Waals surface area (Å²) in [5.74, 6) is 0.219. The second-order valence-corrected chi connectivity index (χ2v) is 6.32. The monoisotopic (exact) mass is 279 g/mol. The lowest BCUT2D eigenvalue weighted by molar-refractivity contribution is 0.0588. The molecule has 1 atom stereocenters. The van der Waals surface area contributed by atoms with E-state index in [9.17, 15) is 4.79 Å². The van der Waals surface area contributed by atoms with Gasteiger partial charge in [0.05, 0.1) is 4.88 Å². The van der Waals surface area contributed by atoms with Gasteiger partial charge in [0.25, 0.3) is 5.91 Å². The molecule has 1 unspecified atom stereocenters. The van der Waals surface area contributed by atoms with Gasteiger partial charge in [0.1, 0.15) is 0 Å². The molecular weight excluding hydrogens is 258 g/mol. The Hall–Kier alpha value is -0.910. The highest BCUT2D eigenvalue weighted by Gasteiger charge is 2.28. The minimum atomic E-state index is 0.219. The third kappa shape index (κ3) is 2.68. The molecule has 2 fully saturated rings. The third-order valence-electron chi connectivity index (χ3n) is 4.21. The van der Waals surface area contributed by atoms with Gasteiger partial charge in [-0.1, -0.05) is 0 Å². The largest absolute Gasteiger partial charge is 0.335 e. The van der Waals surface area contributed by atoms with Crippen LogP contribution in [-0.4, -0.2) is 61.0 Å². The second-order valence-electron chi connectivity index (χ2n) is 5.41. The highest BCUT2D eigenvalue weighted by Crippen LogP contribution is 2.20. The van der Waals surface area contributed by atoms with Gasteiger partial charge >= 0.3 is 0 Å². The molecule has 104 valence electrons. The molecule has 4 nitrogen and oxygen atoms in total. The average molecular weight is 279 g/mol. The fraction of sp³-hybridized carbons (Fsp3) is 0.643. The summed E-state index contributed by atoms with van der Waals surface area (Å²) in [5, 5.41) is 5.42. The number of hydrogen-bond donors (Lipinski definition) is 1. The number of nitrogens with one attached hydrogen (secondary N) is 1. The molecular formula is C14H21N3OS. The van der Waals surface area contributed by atoms with Crippen LogP contribution in [0.5, 0.6) is 0 Å². The van der Waals surface area contributed by atoms with E-state index in [4.69, 9.17) is 0 Å². The van der Waals surface area contributed by atoms with Crippen molar-refractivity contribution in [1.29, 1.82) is 0 Å². The van der Waals surface area contributed by atoms with Crippen LogP contribution in [0.3, 0.4) is 0 Å². The molecule has 0 radical (unpaired) electrons. The number of piperazine rings is 1. The molecule has 2 aliphatic heterocycles. The Morgan fingerprint density at radius 2 is 2.16 bits per heavy atom. The van der Waals surface area contributed by atoms with E-state index in [1.54, 1.807) is 11.3 Å². The molecule has 0 bridgehead atoms. The molecule has 3 rings (SSSR count). The standard InChI is InChI=1S/C14H21N3OS/c1-11-3-9-19-13(11)14(18)17-7-5-16(6-8-17)12-2-4-15-10-12/h3,9,12,15H,2,4-8,10H2,1H3. The van der Waals surface area contributed by atoms with Crippen molar-refractivity contribution in [2.45, 2.75) is 19.4 Å². The van der Waals surface area contributed by atoms with Gasteiger partial charge in [-0.3, -0.25) is 9.69 Å². The van der Waals surface area contributed by atoms with E-state index in [-0.39, 0.29) is 5.91 Å². The third-order valence-corrected chi connectivity index (χ3v) is 5.21. The first kappa shape index (κ1) is 13.1. The predicted octanol–water partition coefficient (Wildman–Crippen LogP) is 1.18. The van der Waals surface area contributed by atoms with Crippen molar-refractivity contribution in [1.82, 2.24) is 15.1 Å². The number of aryl methyl sites for hydroxylation is 1. The van der Waals surface area contributed by atoms with E-state index in [1.165, 1.54) is 6.42 Å². The molecule has 1 amide bonds. The minimum Gasteiger partial charge on any atom is -0.335 e. The Labute approximate surface area is 118 Å². The lowest BCUT2D eigenvalue weighted by Gasteiger charge is -2.37. The highest BCUT2D eigenvalue weighted by molar-refractivity contribution is 7.12. The summed E-state index contributed by atoms with van der Waals surface area (Å²) in [7, 11) is 0. The summed E-state index contributed by atoms with van der Waals surface area (Å²) in [5.41, 5.74) is 1.11. The normalized spacial score (nSPS) is 24.9. The molecule has 2 saturated heterocycles. The van der Waals surface area contributed by atoms with Gasteiger partial charge in [0.15, 0.2) is 0 Å². The SMILES string of the molecule is Cc1ccsc1C(=O)N1CCN(C2CCNC2)CC1. The van der Waals surface area contributed by atoms with Crippen LogP contribution in [-0.2, 0) is 0 Å². The van der Waals surface area contributed by atoms with Crippen LogP contribution < -0.4 is 5.32 Å². The highest BCUT2D eigenvalue weighted by atomic mass is 32.1. The Balaban J connectivity index is 1.58. The first-order valence-corrected chi connectivity index (χ1v) is 7.92. The number of thiophene rings is 1. The van der Waals surface area contributed by atoms with Gasteiger partial charge in [-0.15, -0.1) is 11.3 Å². The Morgan fingerprint density at radius 1 is 1.37 bits per heavy atom. The van der Waals surface area contributed by atoms with Crippen molar-refractivity contribution in [3.8, 4) is 0 Å². The van der Waals surface area contributed by atoms with Crippen LogP contribution in [0.15, 0.2) is 11.4 Å². The van der Waals surface area contributed by atoms with Crippen molar-refractivity contribution in [2.75, 3.05) is 39.3 Å². The van der Waals surface area contributed by atoms with Crippen LogP contribution in [0.2, 0.25) is 0 Å². The molecule has 0 spiro atoms. The summed E-state index contributed by atoms with van der Waals surface area (Å²) < 4.78 is 0. The summed E-state index contributed by atoms with van der Waals surface area (Å²) in [4.78, 5) is 17.9. The molecule has 5 heteroatoms. The average Bonchev–Trinajstić information content (AvgIpc) is 3.09. The van der Waals surface area contributed by atoms with Crippen LogP contribution in [0.4, 0.5) is 0 Å². The molecule has 2 aliphatic rings. The first-order chi connectivity index (χ1) is 9.25. The molecule has 1 N–H and O–H groups in total. The summed E-state index contributed by atoms with van der Waals surface area (Å²) in [6.45, 7) is 8.03. The lowest BCUT2D eigenvalue weighted by Crippen LogP contribution is -2.52. The molecule has 0 aliphatic carbocycles. The van der Waals surface area contributed by atoms with Gasteiger partial charge in [0, 0.05) is 38.8 Å². The zero-order valence-corrected chi connectivity index (χ0v) is 12.2. The summed E-state index contributed by atoms with van der Waals surface area (Å²) >= 11 is 1.56. The number of carbonyl (C=O) groups is 1. The predicted molar refractivity (Wildman–Crippen MR) is 77.8 cm³/mol. The molecule has 0 aromatic carbocycles. The Bertz CT molecular complexity index is 445. The number of nitrogens with zero attached hydrogens (tertiary/aromatic N) is 2. The molecule has 3 heterocycles. The van der Waals surface area contributed by atoms with Gasteiger partial charge in [-0.05, 0) is 36.9 Å². The van der Waals surface area contributed by atoms with E-state index in [0.717, 1.165) is 49.7 Å². The van der Waals surface area contributed by atoms with Gasteiger partial charge < -0.3 is 10.2 Å². The van der Waals surface area contributed by atoms with E-state index in [2.05, 4.69) is 10.2 Å². The fourth-order valence-corrected chi connectivity index (χ4v) is 3.87. The minimum absolute atomic E-state index is 0.219. The van der Waals surface area contributed by atoms with Crippen LogP contribution in [0.25, 0.3) is 0 Å². The molecule has 1 aromatic heterocycles. The topological polar surface area (TPSA) is 35.6 Å². The zero-order chi connectivity index (χ0) is 13.2. The molecule has 1 aromatic rings. The molecule has 0 saturated carbocycles. The number of amides is 1. The number of hydrogen-bond acceptors (Lipinski definition) is 4. The van der Waals surface area contributed by atoms with Gasteiger partial charge in [0.2, 0.25) is 0 Å². The van der Waals surface area contributed by atoms with Crippen LogP contribution in [0, 0.1) is 6.92 Å². The van der Waals surface area contributed by atoms with Crippen molar-refractivity contribution in [3.05, 3.63) is 21.9 Å². The van der Waals surface area contributed by atoms with Crippen LogP contribution >= 0.6 is 11.3 Å². The first-order valence-electron chi connectivity index (χ1n) is 7.04. The van der Waals surface area contributed by atoms with Crippen LogP contribution in [0.1, 0.15) is 21.7 Å². The maximum absolute atomic E-state index is 12.4. The summed E-state index contributed by atoms with van der Waals surface area (Å²) in [6.07, 6.45) is 1.25. The van der Waals surface area contributed by atoms with E-state index < -0.39 is 0 Å². The zero-order valence-electron chi connectivity index (χ0n) is 11.4. The van der Waals surface area contributed by atoms with Crippen molar-refractivity contribution >= 4 is 17.2 Å². The lowest BCUT2D eigenvalue weighted by atomic mass is 10.2. The van der Waals surface area contributed by atoms with Crippen molar-refractivity contribution in [2.24, 2.45) is 0 Å². The van der Waals surface area contributed by atoms with Gasteiger partial charge in [-0.25, -0.2) is 0 Å². The van der Waals surface area contributed by atoms with E-state index in [1.807, 2.05) is 23.3 Å². The van der Waals surface area contributed by atoms with E-state index >= 15 is 0 Å². The second kappa shape index (κ2) is 5.61. The van der Waals surface area contributed by atoms with E-state index in [0.29, 0.717) is 6.04 Å². The maximum atomic E-state index is 12.4. The quantitative estimate of drug-likeness (QED) is 0.883. The smallest absolute Gasteiger partial charge is 0.264 e.